The lowest BCUT2D eigenvalue weighted by molar-refractivity contribution is 0.0975. The van der Waals surface area contributed by atoms with E-state index in [1.807, 2.05) is 25.1 Å². The maximum absolute atomic E-state index is 13.6. The van der Waals surface area contributed by atoms with Crippen molar-refractivity contribution >= 4 is 32.6 Å². The lowest BCUT2D eigenvalue weighted by Crippen LogP contribution is -2.32. The van der Waals surface area contributed by atoms with Gasteiger partial charge < -0.3 is 0 Å². The molecule has 0 N–H and O–H groups in total. The Kier molecular flexibility index (Phi) is 4.41. The van der Waals surface area contributed by atoms with Gasteiger partial charge in [0.1, 0.15) is 11.5 Å². The van der Waals surface area contributed by atoms with Crippen molar-refractivity contribution in [1.29, 1.82) is 0 Å². The van der Waals surface area contributed by atoms with E-state index < -0.39 is 0 Å². The van der Waals surface area contributed by atoms with Crippen LogP contribution in [0.3, 0.4) is 0 Å². The van der Waals surface area contributed by atoms with Crippen molar-refractivity contribution in [1.82, 2.24) is 19.7 Å². The van der Waals surface area contributed by atoms with Gasteiger partial charge >= 0.3 is 0 Å². The molecule has 4 rings (SSSR count). The SMILES string of the molecule is Cc1cnn(C)c1C(=O)N(Cc1ccccn1)c1nc2ccc(F)cc2s1. The number of hydrogen-bond donors (Lipinski definition) is 0. The summed E-state index contributed by atoms with van der Waals surface area (Å²) in [5, 5.41) is 4.65. The number of pyridine rings is 1. The minimum atomic E-state index is -0.331. The largest absolute Gasteiger partial charge is 0.278 e. The van der Waals surface area contributed by atoms with Gasteiger partial charge in [0.05, 0.1) is 28.7 Å². The molecule has 8 heteroatoms. The highest BCUT2D eigenvalue weighted by Gasteiger charge is 2.26. The molecule has 4 aromatic rings. The van der Waals surface area contributed by atoms with Gasteiger partial charge in [-0.3, -0.25) is 19.4 Å². The summed E-state index contributed by atoms with van der Waals surface area (Å²) in [5.41, 5.74) is 2.64. The van der Waals surface area contributed by atoms with Crippen LogP contribution in [0.25, 0.3) is 10.2 Å². The van der Waals surface area contributed by atoms with Gasteiger partial charge in [0.2, 0.25) is 0 Å². The number of carbonyl (C=O) groups excluding carboxylic acids is 1. The van der Waals surface area contributed by atoms with Gasteiger partial charge in [-0.25, -0.2) is 9.37 Å². The van der Waals surface area contributed by atoms with Crippen molar-refractivity contribution in [2.75, 3.05) is 4.90 Å². The third kappa shape index (κ3) is 3.31. The molecule has 0 aliphatic rings. The summed E-state index contributed by atoms with van der Waals surface area (Å²) in [6, 6.07) is 9.94. The highest BCUT2D eigenvalue weighted by atomic mass is 32.1. The molecule has 1 aromatic carbocycles. The van der Waals surface area contributed by atoms with Crippen LogP contribution in [0.2, 0.25) is 0 Å². The molecule has 3 heterocycles. The van der Waals surface area contributed by atoms with Crippen molar-refractivity contribution in [3.63, 3.8) is 0 Å². The maximum atomic E-state index is 13.6. The zero-order chi connectivity index (χ0) is 19.0. The van der Waals surface area contributed by atoms with E-state index in [4.69, 9.17) is 0 Å². The Balaban J connectivity index is 1.80. The molecule has 3 aromatic heterocycles. The van der Waals surface area contributed by atoms with E-state index in [0.717, 1.165) is 11.3 Å². The molecule has 0 aliphatic carbocycles. The number of nitrogens with zero attached hydrogens (tertiary/aromatic N) is 5. The van der Waals surface area contributed by atoms with Crippen LogP contribution in [-0.4, -0.2) is 25.7 Å². The lowest BCUT2D eigenvalue weighted by Gasteiger charge is -2.20. The summed E-state index contributed by atoms with van der Waals surface area (Å²) < 4.78 is 15.8. The molecular formula is C19H16FN5OS. The molecule has 0 atom stereocenters. The van der Waals surface area contributed by atoms with Crippen LogP contribution < -0.4 is 4.90 Å². The predicted molar refractivity (Wildman–Crippen MR) is 102 cm³/mol. The molecule has 1 amide bonds. The van der Waals surface area contributed by atoms with Gasteiger partial charge in [0.15, 0.2) is 5.13 Å². The quantitative estimate of drug-likeness (QED) is 0.540. The van der Waals surface area contributed by atoms with E-state index in [1.165, 1.54) is 23.5 Å². The average Bonchev–Trinajstić information content (AvgIpc) is 3.22. The molecular weight excluding hydrogens is 365 g/mol. The standard InChI is InChI=1S/C19H16FN5OS/c1-12-10-22-24(2)17(12)18(26)25(11-14-5-3-4-8-21-14)19-23-15-7-6-13(20)9-16(15)27-19/h3-10H,11H2,1-2H3. The number of anilines is 1. The summed E-state index contributed by atoms with van der Waals surface area (Å²) in [6.07, 6.45) is 3.33. The summed E-state index contributed by atoms with van der Waals surface area (Å²) in [6.45, 7) is 2.10. The van der Waals surface area contributed by atoms with Crippen LogP contribution in [0.4, 0.5) is 9.52 Å². The highest BCUT2D eigenvalue weighted by molar-refractivity contribution is 7.22. The Bertz CT molecular complexity index is 1100. The van der Waals surface area contributed by atoms with Gasteiger partial charge in [-0.2, -0.15) is 5.10 Å². The zero-order valence-electron chi connectivity index (χ0n) is 14.8. The number of halogens is 1. The summed E-state index contributed by atoms with van der Waals surface area (Å²) >= 11 is 1.27. The number of hydrogen-bond acceptors (Lipinski definition) is 5. The van der Waals surface area contributed by atoms with Crippen LogP contribution in [0.5, 0.6) is 0 Å². The van der Waals surface area contributed by atoms with Crippen LogP contribution in [0.15, 0.2) is 48.8 Å². The Morgan fingerprint density at radius 3 is 2.85 bits per heavy atom. The Morgan fingerprint density at radius 1 is 1.30 bits per heavy atom. The van der Waals surface area contributed by atoms with Crippen molar-refractivity contribution in [2.45, 2.75) is 13.5 Å². The molecule has 0 aliphatic heterocycles. The van der Waals surface area contributed by atoms with Crippen molar-refractivity contribution in [3.8, 4) is 0 Å². The molecule has 0 radical (unpaired) electrons. The summed E-state index contributed by atoms with van der Waals surface area (Å²) in [4.78, 5) is 23.8. The first kappa shape index (κ1) is 17.3. The second-order valence-corrected chi connectivity index (χ2v) is 7.13. The summed E-state index contributed by atoms with van der Waals surface area (Å²) in [5.74, 6) is -0.555. The fourth-order valence-corrected chi connectivity index (χ4v) is 3.85. The molecule has 136 valence electrons. The smallest absolute Gasteiger partial charge is 0.277 e. The van der Waals surface area contributed by atoms with Gasteiger partial charge in [0, 0.05) is 13.2 Å². The topological polar surface area (TPSA) is 63.9 Å². The maximum Gasteiger partial charge on any atom is 0.278 e. The minimum Gasteiger partial charge on any atom is -0.277 e. The average molecular weight is 381 g/mol. The molecule has 0 unspecified atom stereocenters. The Hall–Kier alpha value is -3.13. The van der Waals surface area contributed by atoms with Crippen LogP contribution >= 0.6 is 11.3 Å². The van der Waals surface area contributed by atoms with Gasteiger partial charge in [-0.1, -0.05) is 17.4 Å². The highest BCUT2D eigenvalue weighted by Crippen LogP contribution is 2.31. The number of fused-ring (bicyclic) bond motifs is 1. The number of rotatable bonds is 4. The second-order valence-electron chi connectivity index (χ2n) is 6.12. The third-order valence-corrected chi connectivity index (χ3v) is 5.23. The zero-order valence-corrected chi connectivity index (χ0v) is 15.6. The van der Waals surface area contributed by atoms with Gasteiger partial charge in [-0.05, 0) is 42.8 Å². The minimum absolute atomic E-state index is 0.224. The lowest BCUT2D eigenvalue weighted by atomic mass is 10.2. The van der Waals surface area contributed by atoms with E-state index in [-0.39, 0.29) is 18.3 Å². The molecule has 6 nitrogen and oxygen atoms in total. The Morgan fingerprint density at radius 2 is 2.15 bits per heavy atom. The third-order valence-electron chi connectivity index (χ3n) is 4.19. The van der Waals surface area contributed by atoms with Crippen LogP contribution in [-0.2, 0) is 13.6 Å². The number of benzene rings is 1. The molecule has 0 saturated carbocycles. The van der Waals surface area contributed by atoms with Crippen LogP contribution in [0.1, 0.15) is 21.7 Å². The normalized spacial score (nSPS) is 11.1. The van der Waals surface area contributed by atoms with E-state index in [1.54, 1.807) is 35.1 Å². The van der Waals surface area contributed by atoms with E-state index in [0.29, 0.717) is 21.0 Å². The van der Waals surface area contributed by atoms with Gasteiger partial charge in [0.25, 0.3) is 5.91 Å². The van der Waals surface area contributed by atoms with Crippen molar-refractivity contribution < 1.29 is 9.18 Å². The molecule has 27 heavy (non-hydrogen) atoms. The fraction of sp³-hybridized carbons (Fsp3) is 0.158. The van der Waals surface area contributed by atoms with E-state index in [2.05, 4.69) is 15.1 Å². The molecule has 0 spiro atoms. The number of carbonyl (C=O) groups is 1. The molecule has 0 bridgehead atoms. The summed E-state index contributed by atoms with van der Waals surface area (Å²) in [7, 11) is 1.73. The van der Waals surface area contributed by atoms with Crippen LogP contribution in [0, 0.1) is 12.7 Å². The number of amides is 1. The first-order valence-corrected chi connectivity index (χ1v) is 9.11. The van der Waals surface area contributed by atoms with E-state index in [9.17, 15) is 9.18 Å². The number of aryl methyl sites for hydroxylation is 2. The second kappa shape index (κ2) is 6.88. The first-order chi connectivity index (χ1) is 13.0. The molecule has 0 fully saturated rings. The fourth-order valence-electron chi connectivity index (χ4n) is 2.86. The first-order valence-electron chi connectivity index (χ1n) is 8.29. The predicted octanol–water partition coefficient (Wildman–Crippen LogP) is 3.72. The number of thiazole rings is 1. The van der Waals surface area contributed by atoms with Crippen molar-refractivity contribution in [2.24, 2.45) is 7.05 Å². The van der Waals surface area contributed by atoms with Crippen molar-refractivity contribution in [3.05, 3.63) is 71.6 Å². The monoisotopic (exact) mass is 381 g/mol. The molecule has 0 saturated heterocycles. The van der Waals surface area contributed by atoms with E-state index >= 15 is 0 Å². The van der Waals surface area contributed by atoms with Gasteiger partial charge in [-0.15, -0.1) is 0 Å². The number of aromatic nitrogens is 4. The Labute approximate surface area is 158 Å².